The van der Waals surface area contributed by atoms with Crippen molar-refractivity contribution in [3.63, 3.8) is 0 Å². The maximum atomic E-state index is 10.8. The lowest BCUT2D eigenvalue weighted by Crippen LogP contribution is -2.45. The van der Waals surface area contributed by atoms with E-state index in [1.54, 1.807) is 13.1 Å². The Labute approximate surface area is 104 Å². The fraction of sp³-hybridized carbons (Fsp3) is 0.700. The van der Waals surface area contributed by atoms with Gasteiger partial charge in [0.25, 0.3) is 0 Å². The first-order valence-corrected chi connectivity index (χ1v) is 5.76. The first kappa shape index (κ1) is 12.9. The van der Waals surface area contributed by atoms with Crippen LogP contribution in [0.15, 0.2) is 6.20 Å². The predicted octanol–water partition coefficient (Wildman–Crippen LogP) is -0.250. The Morgan fingerprint density at radius 3 is 2.89 bits per heavy atom. The molecule has 8 nitrogen and oxygen atoms in total. The van der Waals surface area contributed by atoms with Gasteiger partial charge in [0.15, 0.2) is 0 Å². The van der Waals surface area contributed by atoms with Crippen molar-refractivity contribution in [3.8, 4) is 0 Å². The van der Waals surface area contributed by atoms with E-state index in [4.69, 9.17) is 4.74 Å². The van der Waals surface area contributed by atoms with Gasteiger partial charge in [0.1, 0.15) is 24.7 Å². The molecule has 1 saturated heterocycles. The Kier molecular flexibility index (Phi) is 3.90. The Morgan fingerprint density at radius 1 is 1.61 bits per heavy atom. The van der Waals surface area contributed by atoms with Crippen LogP contribution >= 0.6 is 0 Å². The van der Waals surface area contributed by atoms with E-state index < -0.39 is 11.2 Å². The summed E-state index contributed by atoms with van der Waals surface area (Å²) in [5, 5.41) is 20.8. The molecular weight excluding hydrogens is 240 g/mol. The SMILES string of the molecule is Cc1cn(CC(O)N2CCOCC2)c([N+](=O)[O-])n1. The molecule has 2 rings (SSSR count). The molecule has 1 fully saturated rings. The van der Waals surface area contributed by atoms with Gasteiger partial charge in [0.05, 0.1) is 13.2 Å². The zero-order valence-electron chi connectivity index (χ0n) is 10.2. The van der Waals surface area contributed by atoms with Gasteiger partial charge < -0.3 is 20.0 Å². The van der Waals surface area contributed by atoms with E-state index in [-0.39, 0.29) is 12.5 Å². The second-order valence-electron chi connectivity index (χ2n) is 4.22. The van der Waals surface area contributed by atoms with E-state index in [2.05, 4.69) is 4.98 Å². The molecule has 0 radical (unpaired) electrons. The van der Waals surface area contributed by atoms with Gasteiger partial charge in [-0.05, 0) is 11.8 Å². The van der Waals surface area contributed by atoms with E-state index in [0.29, 0.717) is 32.0 Å². The minimum atomic E-state index is -0.763. The molecule has 1 aliphatic rings. The van der Waals surface area contributed by atoms with Crippen LogP contribution < -0.4 is 0 Å². The Morgan fingerprint density at radius 2 is 2.28 bits per heavy atom. The molecular formula is C10H16N4O4. The first-order valence-electron chi connectivity index (χ1n) is 5.76. The fourth-order valence-electron chi connectivity index (χ4n) is 1.98. The lowest BCUT2D eigenvalue weighted by Gasteiger charge is -2.30. The third kappa shape index (κ3) is 2.84. The molecule has 18 heavy (non-hydrogen) atoms. The van der Waals surface area contributed by atoms with Crippen molar-refractivity contribution in [2.45, 2.75) is 19.7 Å². The van der Waals surface area contributed by atoms with Gasteiger partial charge in [-0.1, -0.05) is 4.98 Å². The van der Waals surface area contributed by atoms with Gasteiger partial charge >= 0.3 is 5.95 Å². The number of aromatic nitrogens is 2. The van der Waals surface area contributed by atoms with Crippen molar-refractivity contribution in [3.05, 3.63) is 22.0 Å². The highest BCUT2D eigenvalue weighted by Gasteiger charge is 2.24. The molecule has 1 aromatic heterocycles. The summed E-state index contributed by atoms with van der Waals surface area (Å²) in [6, 6.07) is 0. The Hall–Kier alpha value is -1.51. The van der Waals surface area contributed by atoms with Crippen molar-refractivity contribution < 1.29 is 14.8 Å². The largest absolute Gasteiger partial charge is 0.434 e. The highest BCUT2D eigenvalue weighted by molar-refractivity contribution is 5.13. The molecule has 1 aromatic rings. The average Bonchev–Trinajstić information content (AvgIpc) is 2.71. The van der Waals surface area contributed by atoms with Crippen molar-refractivity contribution >= 4 is 5.95 Å². The van der Waals surface area contributed by atoms with E-state index >= 15 is 0 Å². The lowest BCUT2D eigenvalue weighted by atomic mass is 10.3. The molecule has 0 bridgehead atoms. The molecule has 0 spiro atoms. The second kappa shape index (κ2) is 5.42. The number of hydrogen-bond acceptors (Lipinski definition) is 6. The van der Waals surface area contributed by atoms with E-state index in [1.807, 2.05) is 4.90 Å². The van der Waals surface area contributed by atoms with Gasteiger partial charge in [-0.3, -0.25) is 4.90 Å². The summed E-state index contributed by atoms with van der Waals surface area (Å²) in [4.78, 5) is 15.9. The van der Waals surface area contributed by atoms with Crippen LogP contribution in [-0.2, 0) is 11.3 Å². The van der Waals surface area contributed by atoms with E-state index in [9.17, 15) is 15.2 Å². The van der Waals surface area contributed by atoms with Gasteiger partial charge in [0, 0.05) is 13.1 Å². The topological polar surface area (TPSA) is 93.7 Å². The highest BCUT2D eigenvalue weighted by Crippen LogP contribution is 2.13. The summed E-state index contributed by atoms with van der Waals surface area (Å²) in [5.41, 5.74) is 0.566. The smallest absolute Gasteiger partial charge is 0.390 e. The van der Waals surface area contributed by atoms with Crippen LogP contribution in [0.2, 0.25) is 0 Å². The molecule has 8 heteroatoms. The molecule has 1 atom stereocenters. The zero-order valence-corrected chi connectivity index (χ0v) is 10.2. The van der Waals surface area contributed by atoms with Crippen LogP contribution in [0.3, 0.4) is 0 Å². The third-order valence-electron chi connectivity index (χ3n) is 2.87. The summed E-state index contributed by atoms with van der Waals surface area (Å²) in [6.45, 7) is 4.22. The number of nitro groups is 1. The normalized spacial score (nSPS) is 18.8. The van der Waals surface area contributed by atoms with Crippen molar-refractivity contribution in [2.75, 3.05) is 26.3 Å². The summed E-state index contributed by atoms with van der Waals surface area (Å²) in [5.74, 6) is -0.236. The number of imidazole rings is 1. The van der Waals surface area contributed by atoms with Crippen LogP contribution in [0.4, 0.5) is 5.95 Å². The molecule has 0 aromatic carbocycles. The highest BCUT2D eigenvalue weighted by atomic mass is 16.6. The number of aliphatic hydroxyl groups excluding tert-OH is 1. The van der Waals surface area contributed by atoms with Gasteiger partial charge in [-0.15, -0.1) is 0 Å². The number of morpholine rings is 1. The molecule has 1 aliphatic heterocycles. The minimum absolute atomic E-state index is 0.136. The second-order valence-corrected chi connectivity index (χ2v) is 4.22. The van der Waals surface area contributed by atoms with E-state index in [0.717, 1.165) is 0 Å². The minimum Gasteiger partial charge on any atom is -0.390 e. The summed E-state index contributed by atoms with van der Waals surface area (Å²) >= 11 is 0. The molecule has 0 amide bonds. The summed E-state index contributed by atoms with van der Waals surface area (Å²) in [6.07, 6.45) is 0.808. The molecule has 0 aliphatic carbocycles. The molecule has 1 N–H and O–H groups in total. The molecule has 2 heterocycles. The molecule has 100 valence electrons. The maximum absolute atomic E-state index is 10.8. The number of rotatable bonds is 4. The third-order valence-corrected chi connectivity index (χ3v) is 2.87. The summed E-state index contributed by atoms with van der Waals surface area (Å²) < 4.78 is 6.56. The van der Waals surface area contributed by atoms with Crippen molar-refractivity contribution in [1.82, 2.24) is 14.5 Å². The number of hydrogen-bond donors (Lipinski definition) is 1. The quantitative estimate of drug-likeness (QED) is 0.589. The fourth-order valence-corrected chi connectivity index (χ4v) is 1.98. The number of nitrogens with zero attached hydrogens (tertiary/aromatic N) is 4. The van der Waals surface area contributed by atoms with Crippen molar-refractivity contribution in [2.24, 2.45) is 0 Å². The lowest BCUT2D eigenvalue weighted by molar-refractivity contribution is -0.397. The van der Waals surface area contributed by atoms with E-state index in [1.165, 1.54) is 4.57 Å². The van der Waals surface area contributed by atoms with Gasteiger partial charge in [-0.25, -0.2) is 4.57 Å². The summed E-state index contributed by atoms with van der Waals surface area (Å²) in [7, 11) is 0. The van der Waals surface area contributed by atoms with Crippen LogP contribution in [-0.4, -0.2) is 57.0 Å². The monoisotopic (exact) mass is 256 g/mol. The number of aryl methyl sites for hydroxylation is 1. The zero-order chi connectivity index (χ0) is 13.1. The Bertz CT molecular complexity index is 428. The standard InChI is InChI=1S/C10H16N4O4/c1-8-6-13(10(11-8)14(16)17)7-9(15)12-2-4-18-5-3-12/h6,9,15H,2-5,7H2,1H3. The van der Waals surface area contributed by atoms with Crippen LogP contribution in [0, 0.1) is 17.0 Å². The average molecular weight is 256 g/mol. The van der Waals surface area contributed by atoms with Gasteiger partial charge in [-0.2, -0.15) is 0 Å². The van der Waals surface area contributed by atoms with Crippen LogP contribution in [0.25, 0.3) is 0 Å². The number of ether oxygens (including phenoxy) is 1. The molecule has 1 unspecified atom stereocenters. The predicted molar refractivity (Wildman–Crippen MR) is 62.0 cm³/mol. The van der Waals surface area contributed by atoms with Crippen molar-refractivity contribution in [1.29, 1.82) is 0 Å². The Balaban J connectivity index is 2.05. The maximum Gasteiger partial charge on any atom is 0.434 e. The van der Waals surface area contributed by atoms with Crippen LogP contribution in [0.1, 0.15) is 5.69 Å². The molecule has 0 saturated carbocycles. The first-order chi connectivity index (χ1) is 8.58. The van der Waals surface area contributed by atoms with Gasteiger partial charge in [0.2, 0.25) is 0 Å². The van der Waals surface area contributed by atoms with Crippen LogP contribution in [0.5, 0.6) is 0 Å². The number of aliphatic hydroxyl groups is 1.